The first-order valence-corrected chi connectivity index (χ1v) is 8.30. The molecule has 0 aromatic heterocycles. The summed E-state index contributed by atoms with van der Waals surface area (Å²) in [5, 5.41) is 12.5. The second-order valence-corrected chi connectivity index (χ2v) is 6.51. The topological polar surface area (TPSA) is 41.5 Å². The van der Waals surface area contributed by atoms with E-state index in [1.165, 1.54) is 11.1 Å². The highest BCUT2D eigenvalue weighted by molar-refractivity contribution is 7.98. The minimum atomic E-state index is 0.252. The Balaban J connectivity index is 2.63. The van der Waals surface area contributed by atoms with E-state index in [9.17, 15) is 0 Å². The van der Waals surface area contributed by atoms with Crippen LogP contribution in [0.5, 0.6) is 5.75 Å². The fourth-order valence-corrected chi connectivity index (χ4v) is 2.87. The van der Waals surface area contributed by atoms with Crippen LogP contribution in [0.25, 0.3) is 0 Å². The molecule has 1 aromatic rings. The van der Waals surface area contributed by atoms with Crippen molar-refractivity contribution in [2.75, 3.05) is 19.5 Å². The fraction of sp³-hybridized carbons (Fsp3) is 0.625. The van der Waals surface area contributed by atoms with Crippen molar-refractivity contribution in [3.05, 3.63) is 29.3 Å². The Labute approximate surface area is 127 Å². The summed E-state index contributed by atoms with van der Waals surface area (Å²) in [5.74, 6) is 3.18. The van der Waals surface area contributed by atoms with E-state index in [0.717, 1.165) is 23.8 Å². The molecule has 1 rings (SSSR count). The van der Waals surface area contributed by atoms with E-state index in [-0.39, 0.29) is 6.61 Å². The smallest absolute Gasteiger partial charge is 0.122 e. The van der Waals surface area contributed by atoms with Gasteiger partial charge < -0.3 is 15.2 Å². The van der Waals surface area contributed by atoms with E-state index >= 15 is 0 Å². The number of benzene rings is 1. The third-order valence-electron chi connectivity index (χ3n) is 3.03. The Kier molecular flexibility index (Phi) is 8.04. The number of rotatable bonds is 9. The SMILES string of the molecule is COc1ccc(CNC(C)C)cc1CSCC(C)CO. The molecule has 0 aliphatic heterocycles. The molecule has 0 radical (unpaired) electrons. The second kappa shape index (κ2) is 9.27. The van der Waals surface area contributed by atoms with Crippen molar-refractivity contribution >= 4 is 11.8 Å². The monoisotopic (exact) mass is 297 g/mol. The summed E-state index contributed by atoms with van der Waals surface area (Å²) in [4.78, 5) is 0. The minimum Gasteiger partial charge on any atom is -0.496 e. The average molecular weight is 297 g/mol. The Morgan fingerprint density at radius 1 is 1.30 bits per heavy atom. The molecule has 114 valence electrons. The van der Waals surface area contributed by atoms with E-state index in [2.05, 4.69) is 38.2 Å². The Morgan fingerprint density at radius 2 is 2.05 bits per heavy atom. The maximum Gasteiger partial charge on any atom is 0.122 e. The van der Waals surface area contributed by atoms with E-state index in [1.54, 1.807) is 7.11 Å². The lowest BCUT2D eigenvalue weighted by molar-refractivity contribution is 0.250. The van der Waals surface area contributed by atoms with Crippen molar-refractivity contribution in [1.82, 2.24) is 5.32 Å². The minimum absolute atomic E-state index is 0.252. The molecule has 1 aromatic carbocycles. The van der Waals surface area contributed by atoms with Crippen molar-refractivity contribution in [2.45, 2.75) is 39.1 Å². The number of hydrogen-bond donors (Lipinski definition) is 2. The second-order valence-electron chi connectivity index (χ2n) is 5.48. The normalized spacial score (nSPS) is 12.7. The zero-order valence-corrected chi connectivity index (χ0v) is 13.8. The molecule has 0 fully saturated rings. The van der Waals surface area contributed by atoms with Gasteiger partial charge in [0, 0.05) is 30.5 Å². The summed E-state index contributed by atoms with van der Waals surface area (Å²) in [6, 6.07) is 6.85. The lowest BCUT2D eigenvalue weighted by Gasteiger charge is -2.13. The summed E-state index contributed by atoms with van der Waals surface area (Å²) in [6.07, 6.45) is 0. The standard InChI is InChI=1S/C16H27NO2S/c1-12(2)17-8-14-5-6-16(19-4)15(7-14)11-20-10-13(3)9-18/h5-7,12-13,17-18H,8-11H2,1-4H3. The summed E-state index contributed by atoms with van der Waals surface area (Å²) in [6.45, 7) is 7.50. The van der Waals surface area contributed by atoms with E-state index in [1.807, 2.05) is 17.8 Å². The van der Waals surface area contributed by atoms with Gasteiger partial charge in [-0.05, 0) is 29.4 Å². The number of methoxy groups -OCH3 is 1. The van der Waals surface area contributed by atoms with Gasteiger partial charge in [0.2, 0.25) is 0 Å². The van der Waals surface area contributed by atoms with Gasteiger partial charge in [0.1, 0.15) is 5.75 Å². The number of nitrogens with one attached hydrogen (secondary N) is 1. The van der Waals surface area contributed by atoms with E-state index in [4.69, 9.17) is 9.84 Å². The highest BCUT2D eigenvalue weighted by atomic mass is 32.2. The van der Waals surface area contributed by atoms with Crippen LogP contribution in [-0.4, -0.2) is 30.6 Å². The van der Waals surface area contributed by atoms with Crippen LogP contribution < -0.4 is 10.1 Å². The zero-order valence-electron chi connectivity index (χ0n) is 13.0. The lowest BCUT2D eigenvalue weighted by Crippen LogP contribution is -2.21. The Morgan fingerprint density at radius 3 is 2.65 bits per heavy atom. The molecule has 0 aliphatic rings. The maximum atomic E-state index is 9.05. The van der Waals surface area contributed by atoms with Gasteiger partial charge in [0.25, 0.3) is 0 Å². The maximum absolute atomic E-state index is 9.05. The molecular formula is C16H27NO2S. The molecular weight excluding hydrogens is 270 g/mol. The van der Waals surface area contributed by atoms with Gasteiger partial charge in [-0.3, -0.25) is 0 Å². The average Bonchev–Trinajstić information content (AvgIpc) is 2.45. The van der Waals surface area contributed by atoms with E-state index < -0.39 is 0 Å². The van der Waals surface area contributed by atoms with Crippen molar-refractivity contribution < 1.29 is 9.84 Å². The molecule has 0 heterocycles. The molecule has 2 N–H and O–H groups in total. The number of aliphatic hydroxyl groups is 1. The fourth-order valence-electron chi connectivity index (χ4n) is 1.80. The largest absolute Gasteiger partial charge is 0.496 e. The molecule has 1 unspecified atom stereocenters. The highest BCUT2D eigenvalue weighted by Crippen LogP contribution is 2.25. The predicted molar refractivity (Wildman–Crippen MR) is 87.4 cm³/mol. The number of ether oxygens (including phenoxy) is 1. The van der Waals surface area contributed by atoms with Gasteiger partial charge >= 0.3 is 0 Å². The summed E-state index contributed by atoms with van der Waals surface area (Å²) in [5.41, 5.74) is 2.51. The van der Waals surface area contributed by atoms with Crippen LogP contribution in [0.15, 0.2) is 18.2 Å². The molecule has 4 heteroatoms. The van der Waals surface area contributed by atoms with Crippen LogP contribution in [-0.2, 0) is 12.3 Å². The van der Waals surface area contributed by atoms with Crippen molar-refractivity contribution in [2.24, 2.45) is 5.92 Å². The van der Waals surface area contributed by atoms with Crippen molar-refractivity contribution in [3.8, 4) is 5.75 Å². The lowest BCUT2D eigenvalue weighted by atomic mass is 10.1. The van der Waals surface area contributed by atoms with Crippen LogP contribution in [0.1, 0.15) is 31.9 Å². The molecule has 0 amide bonds. The van der Waals surface area contributed by atoms with E-state index in [0.29, 0.717) is 12.0 Å². The van der Waals surface area contributed by atoms with Crippen LogP contribution >= 0.6 is 11.8 Å². The highest BCUT2D eigenvalue weighted by Gasteiger charge is 2.07. The van der Waals surface area contributed by atoms with Gasteiger partial charge in [-0.15, -0.1) is 0 Å². The van der Waals surface area contributed by atoms with Crippen molar-refractivity contribution in [1.29, 1.82) is 0 Å². The Hall–Kier alpha value is -0.710. The molecule has 0 aliphatic carbocycles. The molecule has 0 saturated carbocycles. The van der Waals surface area contributed by atoms with Crippen molar-refractivity contribution in [3.63, 3.8) is 0 Å². The molecule has 3 nitrogen and oxygen atoms in total. The molecule has 20 heavy (non-hydrogen) atoms. The molecule has 1 atom stereocenters. The van der Waals surface area contributed by atoms with Gasteiger partial charge in [-0.2, -0.15) is 11.8 Å². The van der Waals surface area contributed by atoms with Crippen LogP contribution in [0.4, 0.5) is 0 Å². The number of thioether (sulfide) groups is 1. The predicted octanol–water partition coefficient (Wildman–Crippen LogP) is 3.05. The van der Waals surface area contributed by atoms with Gasteiger partial charge in [-0.25, -0.2) is 0 Å². The molecule has 0 bridgehead atoms. The zero-order chi connectivity index (χ0) is 15.0. The van der Waals surface area contributed by atoms with Crippen LogP contribution in [0, 0.1) is 5.92 Å². The summed E-state index contributed by atoms with van der Waals surface area (Å²) >= 11 is 1.84. The first-order chi connectivity index (χ1) is 9.56. The number of aliphatic hydroxyl groups excluding tert-OH is 1. The first-order valence-electron chi connectivity index (χ1n) is 7.14. The number of hydrogen-bond acceptors (Lipinski definition) is 4. The van der Waals surface area contributed by atoms with Crippen LogP contribution in [0.2, 0.25) is 0 Å². The molecule has 0 spiro atoms. The van der Waals surface area contributed by atoms with Gasteiger partial charge in [0.05, 0.1) is 7.11 Å². The third-order valence-corrected chi connectivity index (χ3v) is 4.35. The Bertz CT molecular complexity index is 396. The summed E-state index contributed by atoms with van der Waals surface area (Å²) < 4.78 is 5.43. The third kappa shape index (κ3) is 6.16. The van der Waals surface area contributed by atoms with Crippen LogP contribution in [0.3, 0.4) is 0 Å². The quantitative estimate of drug-likeness (QED) is 0.735. The van der Waals surface area contributed by atoms with Gasteiger partial charge in [0.15, 0.2) is 0 Å². The summed E-state index contributed by atoms with van der Waals surface area (Å²) in [7, 11) is 1.71. The first kappa shape index (κ1) is 17.3. The van der Waals surface area contributed by atoms with Gasteiger partial charge in [-0.1, -0.05) is 26.8 Å². The molecule has 0 saturated heterocycles.